The summed E-state index contributed by atoms with van der Waals surface area (Å²) in [5.74, 6) is 0.467. The molecule has 0 saturated carbocycles. The van der Waals surface area contributed by atoms with E-state index in [0.717, 1.165) is 19.5 Å². The van der Waals surface area contributed by atoms with Crippen molar-refractivity contribution in [3.63, 3.8) is 0 Å². The molecule has 0 bridgehead atoms. The number of likely N-dealkylation sites (tertiary alicyclic amines) is 1. The lowest BCUT2D eigenvalue weighted by Gasteiger charge is -2.12. The van der Waals surface area contributed by atoms with Gasteiger partial charge in [0.05, 0.1) is 12.8 Å². The molecule has 2 rings (SSSR count). The Morgan fingerprint density at radius 3 is 3.00 bits per heavy atom. The number of carbonyl (C=O) groups excluding carboxylic acids is 1. The molecule has 0 aliphatic carbocycles. The molecule has 2 heterocycles. The van der Waals surface area contributed by atoms with Crippen molar-refractivity contribution >= 4 is 18.2 Å². The maximum Gasteiger partial charge on any atom is 0.211 e. The van der Waals surface area contributed by atoms with Gasteiger partial charge in [-0.25, -0.2) is 0 Å². The van der Waals surface area contributed by atoms with Gasteiger partial charge in [-0.15, -0.1) is 12.4 Å². The highest BCUT2D eigenvalue weighted by molar-refractivity contribution is 5.95. The molecule has 1 aliphatic heterocycles. The second kappa shape index (κ2) is 5.30. The minimum absolute atomic E-state index is 0. The second-order valence-corrected chi connectivity index (χ2v) is 3.68. The molecule has 0 spiro atoms. The summed E-state index contributed by atoms with van der Waals surface area (Å²) in [6.45, 7) is 2.14. The molecule has 0 radical (unpaired) electrons. The van der Waals surface area contributed by atoms with E-state index in [4.69, 9.17) is 10.2 Å². The third-order valence-electron chi connectivity index (χ3n) is 2.47. The summed E-state index contributed by atoms with van der Waals surface area (Å²) < 4.78 is 5.02. The fourth-order valence-electron chi connectivity index (χ4n) is 1.72. The minimum Gasteiger partial charge on any atom is -0.461 e. The van der Waals surface area contributed by atoms with Gasteiger partial charge in [-0.05, 0) is 18.6 Å². The number of hydrogen-bond donors (Lipinski definition) is 1. The van der Waals surface area contributed by atoms with Crippen molar-refractivity contribution in [1.29, 1.82) is 0 Å². The Kier molecular flexibility index (Phi) is 4.32. The van der Waals surface area contributed by atoms with Crippen molar-refractivity contribution in [2.24, 2.45) is 5.73 Å². The number of carbonyl (C=O) groups is 1. The Labute approximate surface area is 94.8 Å². The lowest BCUT2D eigenvalue weighted by molar-refractivity contribution is 0.0917. The van der Waals surface area contributed by atoms with Crippen LogP contribution in [0.15, 0.2) is 22.8 Å². The van der Waals surface area contributed by atoms with Crippen LogP contribution in [-0.4, -0.2) is 36.4 Å². The predicted molar refractivity (Wildman–Crippen MR) is 59.3 cm³/mol. The Balaban J connectivity index is 0.00000112. The molecular formula is C10H15ClN2O2. The number of nitrogens with zero attached hydrogens (tertiary/aromatic N) is 1. The van der Waals surface area contributed by atoms with Crippen LogP contribution >= 0.6 is 12.4 Å². The van der Waals surface area contributed by atoms with Gasteiger partial charge in [-0.1, -0.05) is 0 Å². The molecule has 2 N–H and O–H groups in total. The van der Waals surface area contributed by atoms with Crippen LogP contribution in [0.2, 0.25) is 0 Å². The van der Waals surface area contributed by atoms with E-state index in [1.807, 2.05) is 0 Å². The number of rotatable bonds is 3. The van der Waals surface area contributed by atoms with E-state index >= 15 is 0 Å². The molecule has 1 aromatic heterocycles. The molecule has 5 heteroatoms. The van der Waals surface area contributed by atoms with Crippen LogP contribution in [0.1, 0.15) is 17.0 Å². The van der Waals surface area contributed by atoms with Crippen LogP contribution in [0.4, 0.5) is 0 Å². The SMILES string of the molecule is Cl.N[C@H]1CCN(CC(=O)c2ccco2)C1. The summed E-state index contributed by atoms with van der Waals surface area (Å²) in [5.41, 5.74) is 5.74. The molecule has 0 unspecified atom stereocenters. The molecule has 1 aromatic rings. The van der Waals surface area contributed by atoms with Crippen molar-refractivity contribution < 1.29 is 9.21 Å². The lowest BCUT2D eigenvalue weighted by Crippen LogP contribution is -2.30. The van der Waals surface area contributed by atoms with Gasteiger partial charge in [0.1, 0.15) is 0 Å². The Bertz CT molecular complexity index is 313. The van der Waals surface area contributed by atoms with Crippen molar-refractivity contribution in [1.82, 2.24) is 4.90 Å². The maximum absolute atomic E-state index is 11.6. The zero-order chi connectivity index (χ0) is 9.97. The summed E-state index contributed by atoms with van der Waals surface area (Å²) in [7, 11) is 0. The summed E-state index contributed by atoms with van der Waals surface area (Å²) >= 11 is 0. The van der Waals surface area contributed by atoms with Gasteiger partial charge < -0.3 is 10.2 Å². The highest BCUT2D eigenvalue weighted by Gasteiger charge is 2.22. The number of nitrogens with two attached hydrogens (primary N) is 1. The van der Waals surface area contributed by atoms with Gasteiger partial charge in [-0.2, -0.15) is 0 Å². The number of halogens is 1. The zero-order valence-electron chi connectivity index (χ0n) is 8.39. The molecule has 1 saturated heterocycles. The number of Topliss-reactive ketones (excluding diaryl/α,β-unsaturated/α-hetero) is 1. The Morgan fingerprint density at radius 1 is 1.67 bits per heavy atom. The average Bonchev–Trinajstić information content (AvgIpc) is 2.75. The topological polar surface area (TPSA) is 59.5 Å². The van der Waals surface area contributed by atoms with Gasteiger partial charge in [0.2, 0.25) is 5.78 Å². The van der Waals surface area contributed by atoms with E-state index in [0.29, 0.717) is 12.3 Å². The van der Waals surface area contributed by atoms with Crippen molar-refractivity contribution in [3.8, 4) is 0 Å². The molecule has 15 heavy (non-hydrogen) atoms. The number of hydrogen-bond acceptors (Lipinski definition) is 4. The van der Waals surface area contributed by atoms with Crippen LogP contribution in [0.3, 0.4) is 0 Å². The minimum atomic E-state index is 0. The fourth-order valence-corrected chi connectivity index (χ4v) is 1.72. The molecular weight excluding hydrogens is 216 g/mol. The third kappa shape index (κ3) is 3.06. The molecule has 4 nitrogen and oxygen atoms in total. The van der Waals surface area contributed by atoms with Gasteiger partial charge in [-0.3, -0.25) is 9.69 Å². The standard InChI is InChI=1S/C10H14N2O2.ClH/c11-8-3-4-12(6-8)7-9(13)10-2-1-5-14-10;/h1-2,5,8H,3-4,6-7,11H2;1H/t8-;/m0./s1. The normalized spacial score (nSPS) is 21.3. The predicted octanol–water partition coefficient (Wildman–Crippen LogP) is 0.917. The molecule has 1 atom stereocenters. The Hall–Kier alpha value is -0.840. The number of ketones is 1. The van der Waals surface area contributed by atoms with Crippen LogP contribution in [0.5, 0.6) is 0 Å². The van der Waals surface area contributed by atoms with Gasteiger partial charge in [0, 0.05) is 19.1 Å². The zero-order valence-corrected chi connectivity index (χ0v) is 9.20. The third-order valence-corrected chi connectivity index (χ3v) is 2.47. The quantitative estimate of drug-likeness (QED) is 0.785. The first-order valence-electron chi connectivity index (χ1n) is 4.80. The van der Waals surface area contributed by atoms with Crippen molar-refractivity contribution in [2.75, 3.05) is 19.6 Å². The lowest BCUT2D eigenvalue weighted by atomic mass is 10.3. The van der Waals surface area contributed by atoms with Crippen LogP contribution in [-0.2, 0) is 0 Å². The van der Waals surface area contributed by atoms with Crippen LogP contribution in [0.25, 0.3) is 0 Å². The van der Waals surface area contributed by atoms with Crippen LogP contribution in [0, 0.1) is 0 Å². The Morgan fingerprint density at radius 2 is 2.47 bits per heavy atom. The molecule has 1 aliphatic rings. The highest BCUT2D eigenvalue weighted by Crippen LogP contribution is 2.09. The van der Waals surface area contributed by atoms with Gasteiger partial charge in [0.15, 0.2) is 5.76 Å². The van der Waals surface area contributed by atoms with Crippen LogP contribution < -0.4 is 5.73 Å². The van der Waals surface area contributed by atoms with E-state index in [1.165, 1.54) is 6.26 Å². The van der Waals surface area contributed by atoms with E-state index in [9.17, 15) is 4.79 Å². The van der Waals surface area contributed by atoms with E-state index in [1.54, 1.807) is 12.1 Å². The van der Waals surface area contributed by atoms with Gasteiger partial charge >= 0.3 is 0 Å². The molecule has 1 fully saturated rings. The highest BCUT2D eigenvalue weighted by atomic mass is 35.5. The van der Waals surface area contributed by atoms with Crippen molar-refractivity contribution in [3.05, 3.63) is 24.2 Å². The monoisotopic (exact) mass is 230 g/mol. The number of furan rings is 1. The first-order valence-corrected chi connectivity index (χ1v) is 4.80. The average molecular weight is 231 g/mol. The first kappa shape index (κ1) is 12.2. The molecule has 0 amide bonds. The summed E-state index contributed by atoms with van der Waals surface area (Å²) in [6.07, 6.45) is 2.49. The first-order chi connectivity index (χ1) is 6.75. The van der Waals surface area contributed by atoms with E-state index in [2.05, 4.69) is 4.90 Å². The summed E-state index contributed by atoms with van der Waals surface area (Å²) in [6, 6.07) is 3.64. The summed E-state index contributed by atoms with van der Waals surface area (Å²) in [5, 5.41) is 0. The second-order valence-electron chi connectivity index (χ2n) is 3.68. The van der Waals surface area contributed by atoms with E-state index < -0.39 is 0 Å². The molecule has 0 aromatic carbocycles. The van der Waals surface area contributed by atoms with Gasteiger partial charge in [0.25, 0.3) is 0 Å². The summed E-state index contributed by atoms with van der Waals surface area (Å²) in [4.78, 5) is 13.7. The van der Waals surface area contributed by atoms with Crippen molar-refractivity contribution in [2.45, 2.75) is 12.5 Å². The smallest absolute Gasteiger partial charge is 0.211 e. The largest absolute Gasteiger partial charge is 0.461 e. The van der Waals surface area contributed by atoms with E-state index in [-0.39, 0.29) is 24.2 Å². The maximum atomic E-state index is 11.6. The molecule has 84 valence electrons. The fraction of sp³-hybridized carbons (Fsp3) is 0.500.